The van der Waals surface area contributed by atoms with Crippen molar-refractivity contribution in [2.75, 3.05) is 0 Å². The molecule has 0 amide bonds. The van der Waals surface area contributed by atoms with E-state index in [1.165, 1.54) is 42.5 Å². The van der Waals surface area contributed by atoms with Crippen LogP contribution >= 0.6 is 0 Å². The fourth-order valence-electron chi connectivity index (χ4n) is 6.50. The largest absolute Gasteiger partial charge is 0.505 e. The molecular formula is C40H26N6O11S3. The fraction of sp³-hybridized carbons (Fsp3) is 0. The fourth-order valence-corrected chi connectivity index (χ4v) is 8.11. The molecule has 0 atom stereocenters. The first kappa shape index (κ1) is 39.7. The van der Waals surface area contributed by atoms with Gasteiger partial charge in [-0.2, -0.15) is 25.3 Å². The van der Waals surface area contributed by atoms with Gasteiger partial charge in [-0.05, 0) is 53.9 Å². The molecule has 0 saturated heterocycles. The summed E-state index contributed by atoms with van der Waals surface area (Å²) in [6, 6.07) is 33.7. The quantitative estimate of drug-likeness (QED) is 0.0741. The third kappa shape index (κ3) is 8.01. The van der Waals surface area contributed by atoms with Crippen molar-refractivity contribution in [3.63, 3.8) is 0 Å². The second kappa shape index (κ2) is 15.3. The predicted molar refractivity (Wildman–Crippen MR) is 222 cm³/mol. The lowest BCUT2D eigenvalue weighted by Gasteiger charge is -2.09. The highest BCUT2D eigenvalue weighted by Gasteiger charge is 2.21. The van der Waals surface area contributed by atoms with E-state index in [9.17, 15) is 44.0 Å². The molecule has 0 aliphatic carbocycles. The van der Waals surface area contributed by atoms with Crippen LogP contribution in [0.15, 0.2) is 174 Å². The van der Waals surface area contributed by atoms with Crippen LogP contribution in [0.1, 0.15) is 0 Å². The normalized spacial score (nSPS) is 12.8. The molecule has 300 valence electrons. The minimum absolute atomic E-state index is 0.0307. The van der Waals surface area contributed by atoms with Gasteiger partial charge in [-0.1, -0.05) is 84.9 Å². The molecule has 0 aliphatic rings. The summed E-state index contributed by atoms with van der Waals surface area (Å²) >= 11 is 0. The second-order valence-corrected chi connectivity index (χ2v) is 16.8. The minimum atomic E-state index is -4.90. The summed E-state index contributed by atoms with van der Waals surface area (Å²) < 4.78 is 106. The highest BCUT2D eigenvalue weighted by molar-refractivity contribution is 7.86. The van der Waals surface area contributed by atoms with Crippen molar-refractivity contribution >= 4 is 108 Å². The number of aromatic hydroxyl groups is 1. The Morgan fingerprint density at radius 2 is 0.850 bits per heavy atom. The Bertz CT molecular complexity index is 3530. The summed E-state index contributed by atoms with van der Waals surface area (Å²) in [6.07, 6.45) is 0. The smallest absolute Gasteiger partial charge is 0.446 e. The number of phenolic OH excluding ortho intramolecular Hbond substituents is 1. The Morgan fingerprint density at radius 1 is 0.400 bits per heavy atom. The van der Waals surface area contributed by atoms with Gasteiger partial charge in [-0.25, -0.2) is 0 Å². The molecule has 0 saturated carbocycles. The van der Waals surface area contributed by atoms with Gasteiger partial charge in [0.25, 0.3) is 20.2 Å². The Kier molecular flexibility index (Phi) is 10.1. The number of hydrogen-bond donors (Lipinski definition) is 4. The van der Waals surface area contributed by atoms with E-state index in [1.54, 1.807) is 72.8 Å². The van der Waals surface area contributed by atoms with Gasteiger partial charge in [-0.3, -0.25) is 13.7 Å². The molecule has 8 aromatic rings. The highest BCUT2D eigenvalue weighted by Crippen LogP contribution is 2.43. The molecule has 0 radical (unpaired) electrons. The van der Waals surface area contributed by atoms with E-state index in [-0.39, 0.29) is 44.7 Å². The summed E-state index contributed by atoms with van der Waals surface area (Å²) in [5.74, 6) is -0.643. The number of phenols is 1. The molecule has 0 unspecified atom stereocenters. The summed E-state index contributed by atoms with van der Waals surface area (Å²) in [4.78, 5) is -0.994. The zero-order valence-corrected chi connectivity index (χ0v) is 32.7. The van der Waals surface area contributed by atoms with Gasteiger partial charge in [0.05, 0.1) is 27.6 Å². The van der Waals surface area contributed by atoms with Crippen LogP contribution in [0, 0.1) is 0 Å². The zero-order valence-electron chi connectivity index (χ0n) is 30.3. The lowest BCUT2D eigenvalue weighted by molar-refractivity contribution is 0.388. The average Bonchev–Trinajstić information content (AvgIpc) is 3.21. The third-order valence-electron chi connectivity index (χ3n) is 9.20. The van der Waals surface area contributed by atoms with Crippen molar-refractivity contribution in [1.82, 2.24) is 0 Å². The van der Waals surface area contributed by atoms with Gasteiger partial charge in [0.2, 0.25) is 0 Å². The minimum Gasteiger partial charge on any atom is -0.505 e. The van der Waals surface area contributed by atoms with Crippen molar-refractivity contribution in [3.05, 3.63) is 133 Å². The Balaban J connectivity index is 1.18. The van der Waals surface area contributed by atoms with Crippen molar-refractivity contribution in [1.29, 1.82) is 0 Å². The molecule has 0 bridgehead atoms. The van der Waals surface area contributed by atoms with Gasteiger partial charge in [0, 0.05) is 37.7 Å². The molecule has 0 spiro atoms. The molecule has 60 heavy (non-hydrogen) atoms. The highest BCUT2D eigenvalue weighted by atomic mass is 32.3. The van der Waals surface area contributed by atoms with E-state index in [4.69, 9.17) is 4.18 Å². The van der Waals surface area contributed by atoms with E-state index in [1.807, 2.05) is 0 Å². The molecule has 4 N–H and O–H groups in total. The number of benzene rings is 8. The van der Waals surface area contributed by atoms with Crippen molar-refractivity contribution in [2.45, 2.75) is 9.79 Å². The molecule has 0 heterocycles. The van der Waals surface area contributed by atoms with Gasteiger partial charge in [0.1, 0.15) is 16.3 Å². The second-order valence-electron chi connectivity index (χ2n) is 12.9. The lowest BCUT2D eigenvalue weighted by Crippen LogP contribution is -2.07. The van der Waals surface area contributed by atoms with Crippen LogP contribution in [-0.2, 0) is 30.6 Å². The van der Waals surface area contributed by atoms with Crippen molar-refractivity contribution < 1.29 is 48.2 Å². The monoisotopic (exact) mass is 862 g/mol. The van der Waals surface area contributed by atoms with Crippen LogP contribution < -0.4 is 4.18 Å². The van der Waals surface area contributed by atoms with Crippen LogP contribution in [0.25, 0.3) is 43.1 Å². The first-order chi connectivity index (χ1) is 28.5. The Morgan fingerprint density at radius 3 is 1.40 bits per heavy atom. The summed E-state index contributed by atoms with van der Waals surface area (Å²) in [6.45, 7) is 0. The predicted octanol–water partition coefficient (Wildman–Crippen LogP) is 10.9. The average molecular weight is 863 g/mol. The van der Waals surface area contributed by atoms with Crippen LogP contribution in [0.3, 0.4) is 0 Å². The van der Waals surface area contributed by atoms with Gasteiger partial charge < -0.3 is 9.29 Å². The van der Waals surface area contributed by atoms with Crippen LogP contribution in [0.2, 0.25) is 0 Å². The van der Waals surface area contributed by atoms with E-state index < -0.39 is 46.2 Å². The number of rotatable bonds is 10. The third-order valence-corrected chi connectivity index (χ3v) is 11.3. The molecule has 17 nitrogen and oxygen atoms in total. The first-order valence-corrected chi connectivity index (χ1v) is 21.5. The van der Waals surface area contributed by atoms with Crippen LogP contribution in [0.5, 0.6) is 11.5 Å². The van der Waals surface area contributed by atoms with Crippen molar-refractivity contribution in [3.8, 4) is 11.5 Å². The number of fused-ring (bicyclic) bond motifs is 4. The van der Waals surface area contributed by atoms with E-state index in [2.05, 4.69) is 30.7 Å². The molecule has 0 aromatic heterocycles. The van der Waals surface area contributed by atoms with Crippen LogP contribution in [-0.4, -0.2) is 44.0 Å². The Hall–Kier alpha value is -7.07. The molecule has 20 heteroatoms. The van der Waals surface area contributed by atoms with E-state index in [0.29, 0.717) is 38.3 Å². The lowest BCUT2D eigenvalue weighted by atomic mass is 10.1. The number of nitrogens with zero attached hydrogens (tertiary/aromatic N) is 6. The number of azo groups is 3. The molecule has 8 rings (SSSR count). The standard InChI is InChI=1S/C40H26N6O11S3/c47-39-30-12-6-5-11-29(30)38(59(51,52)53)22-37(39)46-44-35-20-19-34(28-15-14-24(21-31(28)35)58(48,49)50)42-41-32-17-18-33(27-10-4-3-9-26(27)32)43-45-36-16-13-23-7-1-2-8-25(23)40(36)57-60(54,55)56/h1-22,47H,(H,48,49,50)(H,51,52,53)(H,54,55,56). The Labute approximate surface area is 340 Å². The van der Waals surface area contributed by atoms with Gasteiger partial charge in [0.15, 0.2) is 11.5 Å². The van der Waals surface area contributed by atoms with Gasteiger partial charge >= 0.3 is 10.4 Å². The van der Waals surface area contributed by atoms with Crippen molar-refractivity contribution in [2.24, 2.45) is 30.7 Å². The summed E-state index contributed by atoms with van der Waals surface area (Å²) in [5, 5.41) is 39.5. The zero-order chi connectivity index (χ0) is 42.4. The molecule has 0 aliphatic heterocycles. The summed E-state index contributed by atoms with van der Waals surface area (Å²) in [7, 11) is -14.4. The van der Waals surface area contributed by atoms with E-state index >= 15 is 0 Å². The molecule has 0 fully saturated rings. The molecular weight excluding hydrogens is 837 g/mol. The van der Waals surface area contributed by atoms with E-state index in [0.717, 1.165) is 18.2 Å². The first-order valence-electron chi connectivity index (χ1n) is 17.3. The molecule has 8 aromatic carbocycles. The van der Waals surface area contributed by atoms with Crippen LogP contribution in [0.4, 0.5) is 34.1 Å². The maximum atomic E-state index is 12.2. The maximum Gasteiger partial charge on any atom is 0.446 e. The summed E-state index contributed by atoms with van der Waals surface area (Å²) in [5.41, 5.74) is 0.745. The van der Waals surface area contributed by atoms with Gasteiger partial charge in [-0.15, -0.1) is 30.7 Å². The topological polar surface area (TPSA) is 267 Å². The maximum absolute atomic E-state index is 12.2. The number of hydrogen-bond acceptors (Lipinski definition) is 14. The SMILES string of the molecule is O=S(=O)(O)Oc1c(N=Nc2ccc(N=Nc3ccc(N=Nc4cc(S(=O)(=O)O)c5ccccc5c4O)c4cc(S(=O)(=O)O)ccc34)c3ccccc23)ccc2ccccc12.